The third kappa shape index (κ3) is 4.11. The summed E-state index contributed by atoms with van der Waals surface area (Å²) in [5, 5.41) is 0. The summed E-state index contributed by atoms with van der Waals surface area (Å²) in [5.41, 5.74) is -1.23. The van der Waals surface area contributed by atoms with E-state index in [0.29, 0.717) is 5.56 Å². The molecule has 0 saturated heterocycles. The minimum atomic E-state index is -4.72. The fourth-order valence-electron chi connectivity index (χ4n) is 2.12. The Labute approximate surface area is 142 Å². The van der Waals surface area contributed by atoms with E-state index in [4.69, 9.17) is 0 Å². The number of aryl methyl sites for hydroxylation is 1. The van der Waals surface area contributed by atoms with E-state index >= 15 is 0 Å². The van der Waals surface area contributed by atoms with Crippen molar-refractivity contribution >= 4 is 21.7 Å². The molecule has 0 spiro atoms. The van der Waals surface area contributed by atoms with Gasteiger partial charge in [0, 0.05) is 0 Å². The molecule has 0 fully saturated rings. The Bertz CT molecular complexity index is 908. The van der Waals surface area contributed by atoms with Gasteiger partial charge in [0.15, 0.2) is 0 Å². The topological polar surface area (TPSA) is 72.5 Å². The number of nitrogens with one attached hydrogen (secondary N) is 1. The zero-order valence-corrected chi connectivity index (χ0v) is 14.0. The molecule has 2 aromatic rings. The summed E-state index contributed by atoms with van der Waals surface area (Å²) in [6.07, 6.45) is -4.72. The van der Waals surface area contributed by atoms with E-state index < -0.39 is 33.4 Å². The van der Waals surface area contributed by atoms with E-state index in [2.05, 4.69) is 4.74 Å². The first-order valence-electron chi connectivity index (χ1n) is 6.94. The molecule has 134 valence electrons. The predicted octanol–water partition coefficient (Wildman–Crippen LogP) is 3.60. The quantitative estimate of drug-likeness (QED) is 0.831. The lowest BCUT2D eigenvalue weighted by atomic mass is 10.1. The van der Waals surface area contributed by atoms with Gasteiger partial charge in [0.1, 0.15) is 0 Å². The van der Waals surface area contributed by atoms with Crippen LogP contribution in [0.4, 0.5) is 18.9 Å². The first-order chi connectivity index (χ1) is 11.6. The Morgan fingerprint density at radius 1 is 1.12 bits per heavy atom. The van der Waals surface area contributed by atoms with E-state index in [1.54, 1.807) is 6.92 Å². The number of hydrogen-bond donors (Lipinski definition) is 1. The second-order valence-corrected chi connectivity index (χ2v) is 6.80. The standard InChI is InChI=1S/C16H14F3NO4S/c1-10-7-8-11(9-12(10)15(21)24-2)25(22,23)20-14-6-4-3-5-13(14)16(17,18)19/h3-9,20H,1-2H3. The number of carbonyl (C=O) groups excluding carboxylic acids is 1. The van der Waals surface area contributed by atoms with E-state index in [0.717, 1.165) is 31.4 Å². The predicted molar refractivity (Wildman–Crippen MR) is 84.8 cm³/mol. The first-order valence-corrected chi connectivity index (χ1v) is 8.42. The molecular formula is C16H14F3NO4S. The summed E-state index contributed by atoms with van der Waals surface area (Å²) in [4.78, 5) is 11.3. The van der Waals surface area contributed by atoms with E-state index in [1.807, 2.05) is 4.72 Å². The van der Waals surface area contributed by atoms with Gasteiger partial charge in [-0.25, -0.2) is 13.2 Å². The zero-order chi connectivity index (χ0) is 18.8. The lowest BCUT2D eigenvalue weighted by Crippen LogP contribution is -2.18. The highest BCUT2D eigenvalue weighted by Crippen LogP contribution is 2.35. The van der Waals surface area contributed by atoms with Crippen molar-refractivity contribution in [2.45, 2.75) is 18.0 Å². The fraction of sp³-hybridized carbons (Fsp3) is 0.188. The molecule has 9 heteroatoms. The van der Waals surface area contributed by atoms with Gasteiger partial charge >= 0.3 is 12.1 Å². The Kier molecular flexibility index (Phi) is 5.07. The number of carbonyl (C=O) groups is 1. The van der Waals surface area contributed by atoms with Crippen molar-refractivity contribution in [3.8, 4) is 0 Å². The second kappa shape index (κ2) is 6.75. The average molecular weight is 373 g/mol. The van der Waals surface area contributed by atoms with Crippen LogP contribution >= 0.6 is 0 Å². The average Bonchev–Trinajstić information content (AvgIpc) is 2.53. The lowest BCUT2D eigenvalue weighted by Gasteiger charge is -2.15. The number of sulfonamides is 1. The summed E-state index contributed by atoms with van der Waals surface area (Å²) in [6.45, 7) is 1.58. The molecule has 2 rings (SSSR count). The number of ether oxygens (including phenoxy) is 1. The van der Waals surface area contributed by atoms with Crippen LogP contribution in [0.3, 0.4) is 0 Å². The van der Waals surface area contributed by atoms with Gasteiger partial charge in [-0.15, -0.1) is 0 Å². The van der Waals surface area contributed by atoms with Crippen LogP contribution in [0.15, 0.2) is 47.4 Å². The van der Waals surface area contributed by atoms with Crippen LogP contribution in [0.2, 0.25) is 0 Å². The van der Waals surface area contributed by atoms with Crippen molar-refractivity contribution in [2.24, 2.45) is 0 Å². The molecule has 0 atom stereocenters. The molecule has 0 bridgehead atoms. The third-order valence-corrected chi connectivity index (χ3v) is 4.76. The number of methoxy groups -OCH3 is 1. The molecule has 2 aromatic carbocycles. The molecule has 1 N–H and O–H groups in total. The number of hydrogen-bond acceptors (Lipinski definition) is 4. The first kappa shape index (κ1) is 18.8. The van der Waals surface area contributed by atoms with Crippen LogP contribution < -0.4 is 4.72 Å². The van der Waals surface area contributed by atoms with E-state index in [1.165, 1.54) is 18.2 Å². The van der Waals surface area contributed by atoms with Gasteiger partial charge in [-0.2, -0.15) is 13.2 Å². The molecule has 0 aliphatic carbocycles. The maximum absolute atomic E-state index is 13.0. The van der Waals surface area contributed by atoms with Gasteiger partial charge in [-0.3, -0.25) is 4.72 Å². The van der Waals surface area contributed by atoms with Crippen LogP contribution in [0.5, 0.6) is 0 Å². The van der Waals surface area contributed by atoms with Gasteiger partial charge in [0.2, 0.25) is 0 Å². The van der Waals surface area contributed by atoms with Gasteiger partial charge < -0.3 is 4.74 Å². The largest absolute Gasteiger partial charge is 0.465 e. The van der Waals surface area contributed by atoms with Crippen LogP contribution in [0.1, 0.15) is 21.5 Å². The van der Waals surface area contributed by atoms with Crippen molar-refractivity contribution in [3.63, 3.8) is 0 Å². The minimum absolute atomic E-state index is 0.00878. The molecule has 0 amide bonds. The molecule has 5 nitrogen and oxygen atoms in total. The number of halogens is 3. The van der Waals surface area contributed by atoms with Gasteiger partial charge in [0.05, 0.1) is 28.8 Å². The normalized spacial score (nSPS) is 11.9. The van der Waals surface area contributed by atoms with Crippen LogP contribution in [0, 0.1) is 6.92 Å². The van der Waals surface area contributed by atoms with Crippen LogP contribution in [-0.2, 0) is 20.9 Å². The van der Waals surface area contributed by atoms with Crippen molar-refractivity contribution in [3.05, 3.63) is 59.2 Å². The zero-order valence-electron chi connectivity index (χ0n) is 13.2. The maximum Gasteiger partial charge on any atom is 0.418 e. The minimum Gasteiger partial charge on any atom is -0.465 e. The number of alkyl halides is 3. The highest BCUT2D eigenvalue weighted by molar-refractivity contribution is 7.92. The number of para-hydroxylation sites is 1. The van der Waals surface area contributed by atoms with Crippen molar-refractivity contribution in [1.29, 1.82) is 0 Å². The summed E-state index contributed by atoms with van der Waals surface area (Å²) < 4.78 is 70.3. The summed E-state index contributed by atoms with van der Waals surface area (Å²) in [7, 11) is -3.20. The summed E-state index contributed by atoms with van der Waals surface area (Å²) in [5.74, 6) is -0.745. The SMILES string of the molecule is COC(=O)c1cc(S(=O)(=O)Nc2ccccc2C(F)(F)F)ccc1C. The molecule has 0 unspecified atom stereocenters. The Hall–Kier alpha value is -2.55. The number of benzene rings is 2. The molecule has 0 aliphatic rings. The number of rotatable bonds is 4. The van der Waals surface area contributed by atoms with Crippen molar-refractivity contribution in [1.82, 2.24) is 0 Å². The monoisotopic (exact) mass is 373 g/mol. The molecule has 0 saturated carbocycles. The van der Waals surface area contributed by atoms with E-state index in [9.17, 15) is 26.4 Å². The molecular weight excluding hydrogens is 359 g/mol. The van der Waals surface area contributed by atoms with Gasteiger partial charge in [0.25, 0.3) is 10.0 Å². The highest BCUT2D eigenvalue weighted by atomic mass is 32.2. The molecule has 0 aliphatic heterocycles. The Morgan fingerprint density at radius 3 is 2.36 bits per heavy atom. The fourth-order valence-corrected chi connectivity index (χ4v) is 3.23. The second-order valence-electron chi connectivity index (χ2n) is 5.12. The number of esters is 1. The smallest absolute Gasteiger partial charge is 0.418 e. The van der Waals surface area contributed by atoms with Crippen molar-refractivity contribution in [2.75, 3.05) is 11.8 Å². The highest BCUT2D eigenvalue weighted by Gasteiger charge is 2.34. The van der Waals surface area contributed by atoms with Crippen molar-refractivity contribution < 1.29 is 31.1 Å². The Balaban J connectivity index is 2.47. The van der Waals surface area contributed by atoms with Crippen LogP contribution in [0.25, 0.3) is 0 Å². The van der Waals surface area contributed by atoms with Crippen LogP contribution in [-0.4, -0.2) is 21.5 Å². The third-order valence-electron chi connectivity index (χ3n) is 3.40. The van der Waals surface area contributed by atoms with Gasteiger partial charge in [-0.05, 0) is 36.8 Å². The maximum atomic E-state index is 13.0. The number of anilines is 1. The molecule has 0 radical (unpaired) electrons. The molecule has 0 aromatic heterocycles. The summed E-state index contributed by atoms with van der Waals surface area (Å²) in [6, 6.07) is 7.84. The Morgan fingerprint density at radius 2 is 1.76 bits per heavy atom. The molecule has 0 heterocycles. The van der Waals surface area contributed by atoms with E-state index in [-0.39, 0.29) is 10.5 Å². The lowest BCUT2D eigenvalue weighted by molar-refractivity contribution is -0.136. The molecule has 25 heavy (non-hydrogen) atoms. The summed E-state index contributed by atoms with van der Waals surface area (Å²) >= 11 is 0. The van der Waals surface area contributed by atoms with Gasteiger partial charge in [-0.1, -0.05) is 18.2 Å².